The molecule has 0 aliphatic heterocycles. The molecule has 1 aromatic heterocycles. The fourth-order valence-electron chi connectivity index (χ4n) is 2.58. The fourth-order valence-corrected chi connectivity index (χ4v) is 5.49. The van der Waals surface area contributed by atoms with Gasteiger partial charge in [0.1, 0.15) is 9.90 Å². The van der Waals surface area contributed by atoms with Crippen LogP contribution in [0.25, 0.3) is 0 Å². The van der Waals surface area contributed by atoms with E-state index in [1.54, 1.807) is 0 Å². The second kappa shape index (κ2) is 5.73. The number of nitrogen functional groups attached to an aromatic ring is 1. The number of anilines is 2. The van der Waals surface area contributed by atoms with Gasteiger partial charge in [0.2, 0.25) is 0 Å². The Kier molecular flexibility index (Phi) is 4.11. The predicted octanol–water partition coefficient (Wildman–Crippen LogP) is 1.56. The molecule has 2 aliphatic carbocycles. The van der Waals surface area contributed by atoms with E-state index in [1.165, 1.54) is 12.8 Å². The molecule has 118 valence electrons. The zero-order chi connectivity index (χ0) is 15.0. The van der Waals surface area contributed by atoms with Gasteiger partial charge in [0, 0.05) is 19.1 Å². The molecule has 2 saturated carbocycles. The summed E-state index contributed by atoms with van der Waals surface area (Å²) < 4.78 is 28.8. The van der Waals surface area contributed by atoms with Crippen molar-refractivity contribution in [2.45, 2.75) is 48.8 Å². The van der Waals surface area contributed by atoms with Crippen molar-refractivity contribution in [3.63, 3.8) is 0 Å². The highest BCUT2D eigenvalue weighted by Gasteiger charge is 2.40. The molecule has 8 heteroatoms. The topological polar surface area (TPSA) is 88.3 Å². The summed E-state index contributed by atoms with van der Waals surface area (Å²) >= 11 is 1.15. The number of hydrogen-bond acceptors (Lipinski definition) is 7. The SMILES string of the molecule is CCN(CCNc1snc(N)c1S(=O)(=O)C1CC1)C1CC1. The quantitative estimate of drug-likeness (QED) is 0.752. The standard InChI is InChI=1S/C13H22N4O2S2/c1-2-17(9-3-4-9)8-7-15-13-11(12(14)16-20-13)21(18,19)10-5-6-10/h9-10,15H,2-8H2,1H3,(H2,14,16). The number of likely N-dealkylation sites (N-methyl/N-ethyl adjacent to an activating group) is 1. The monoisotopic (exact) mass is 330 g/mol. The molecule has 1 aromatic rings. The van der Waals surface area contributed by atoms with E-state index in [1.807, 2.05) is 0 Å². The molecular weight excluding hydrogens is 308 g/mol. The lowest BCUT2D eigenvalue weighted by atomic mass is 10.4. The molecule has 0 spiro atoms. The highest BCUT2D eigenvalue weighted by atomic mass is 32.2. The first-order chi connectivity index (χ1) is 10.0. The summed E-state index contributed by atoms with van der Waals surface area (Å²) in [4.78, 5) is 2.65. The minimum absolute atomic E-state index is 0.143. The van der Waals surface area contributed by atoms with Crippen LogP contribution in [0.4, 0.5) is 10.8 Å². The number of nitrogens with zero attached hydrogens (tertiary/aromatic N) is 2. The smallest absolute Gasteiger partial charge is 0.187 e. The first-order valence-corrected chi connectivity index (χ1v) is 9.83. The molecule has 0 radical (unpaired) electrons. The molecule has 3 N–H and O–H groups in total. The Morgan fingerprint density at radius 2 is 2.10 bits per heavy atom. The van der Waals surface area contributed by atoms with Crippen molar-refractivity contribution in [1.82, 2.24) is 9.27 Å². The summed E-state index contributed by atoms with van der Waals surface area (Å²) in [6.07, 6.45) is 4.04. The zero-order valence-corrected chi connectivity index (χ0v) is 13.8. The fraction of sp³-hybridized carbons (Fsp3) is 0.769. The van der Waals surface area contributed by atoms with Crippen LogP contribution in [0.3, 0.4) is 0 Å². The van der Waals surface area contributed by atoms with Gasteiger partial charge in [-0.2, -0.15) is 4.37 Å². The zero-order valence-electron chi connectivity index (χ0n) is 12.2. The number of rotatable bonds is 8. The molecular formula is C13H22N4O2S2. The highest BCUT2D eigenvalue weighted by molar-refractivity contribution is 7.92. The van der Waals surface area contributed by atoms with Gasteiger partial charge in [-0.1, -0.05) is 6.92 Å². The van der Waals surface area contributed by atoms with Crippen molar-refractivity contribution in [2.24, 2.45) is 0 Å². The van der Waals surface area contributed by atoms with Crippen molar-refractivity contribution in [1.29, 1.82) is 0 Å². The summed E-state index contributed by atoms with van der Waals surface area (Å²) in [6.45, 7) is 4.83. The van der Waals surface area contributed by atoms with Crippen LogP contribution >= 0.6 is 11.5 Å². The minimum Gasteiger partial charge on any atom is -0.382 e. The molecule has 0 atom stereocenters. The van der Waals surface area contributed by atoms with Gasteiger partial charge in [-0.05, 0) is 43.8 Å². The molecule has 0 saturated heterocycles. The van der Waals surface area contributed by atoms with Crippen LogP contribution in [0, 0.1) is 0 Å². The molecule has 0 aromatic carbocycles. The molecule has 0 unspecified atom stereocenters. The molecule has 21 heavy (non-hydrogen) atoms. The summed E-state index contributed by atoms with van der Waals surface area (Å²) in [6, 6.07) is 0.720. The number of hydrogen-bond donors (Lipinski definition) is 2. The van der Waals surface area contributed by atoms with E-state index in [9.17, 15) is 8.42 Å². The third kappa shape index (κ3) is 3.17. The number of nitrogens with two attached hydrogens (primary N) is 1. The lowest BCUT2D eigenvalue weighted by molar-refractivity contribution is 0.289. The van der Waals surface area contributed by atoms with E-state index in [4.69, 9.17) is 5.73 Å². The first-order valence-electron chi connectivity index (χ1n) is 7.51. The summed E-state index contributed by atoms with van der Waals surface area (Å²) in [5, 5.41) is 3.57. The van der Waals surface area contributed by atoms with Crippen LogP contribution in [0.1, 0.15) is 32.6 Å². The third-order valence-corrected chi connectivity index (χ3v) is 7.36. The van der Waals surface area contributed by atoms with E-state index < -0.39 is 9.84 Å². The lowest BCUT2D eigenvalue weighted by Gasteiger charge is -2.19. The Balaban J connectivity index is 1.66. The molecule has 6 nitrogen and oxygen atoms in total. The van der Waals surface area contributed by atoms with Crippen LogP contribution in [-0.2, 0) is 9.84 Å². The van der Waals surface area contributed by atoms with E-state index in [0.29, 0.717) is 5.00 Å². The van der Waals surface area contributed by atoms with Crippen LogP contribution in [-0.4, -0.2) is 48.6 Å². The van der Waals surface area contributed by atoms with Gasteiger partial charge in [-0.25, -0.2) is 8.42 Å². The molecule has 3 rings (SSSR count). The second-order valence-electron chi connectivity index (χ2n) is 5.76. The largest absolute Gasteiger partial charge is 0.382 e. The average molecular weight is 330 g/mol. The van der Waals surface area contributed by atoms with Crippen LogP contribution in [0.2, 0.25) is 0 Å². The Labute approximate surface area is 129 Å². The molecule has 2 aliphatic rings. The Hall–Kier alpha value is -0.860. The molecule has 2 fully saturated rings. The Morgan fingerprint density at radius 3 is 2.67 bits per heavy atom. The van der Waals surface area contributed by atoms with Gasteiger partial charge in [0.25, 0.3) is 0 Å². The lowest BCUT2D eigenvalue weighted by Crippen LogP contribution is -2.31. The van der Waals surface area contributed by atoms with Gasteiger partial charge in [-0.15, -0.1) is 0 Å². The van der Waals surface area contributed by atoms with Crippen LogP contribution < -0.4 is 11.1 Å². The van der Waals surface area contributed by atoms with E-state index in [0.717, 1.165) is 50.1 Å². The predicted molar refractivity (Wildman–Crippen MR) is 85.5 cm³/mol. The summed E-state index contributed by atoms with van der Waals surface area (Å²) in [7, 11) is -3.30. The average Bonchev–Trinajstić information content (AvgIpc) is 3.32. The van der Waals surface area contributed by atoms with E-state index in [-0.39, 0.29) is 16.0 Å². The third-order valence-electron chi connectivity index (χ3n) is 4.08. The summed E-state index contributed by atoms with van der Waals surface area (Å²) in [5.74, 6) is 0.143. The number of nitrogens with one attached hydrogen (secondary N) is 1. The minimum atomic E-state index is -3.30. The summed E-state index contributed by atoms with van der Waals surface area (Å²) in [5.41, 5.74) is 5.78. The molecule has 1 heterocycles. The molecule has 0 amide bonds. The van der Waals surface area contributed by atoms with Gasteiger partial charge < -0.3 is 11.1 Å². The van der Waals surface area contributed by atoms with Gasteiger partial charge in [0.05, 0.1) is 5.25 Å². The number of aromatic nitrogens is 1. The van der Waals surface area contributed by atoms with Gasteiger partial charge in [-0.3, -0.25) is 4.90 Å². The Bertz CT molecular complexity index is 606. The normalized spacial score (nSPS) is 19.1. The second-order valence-corrected chi connectivity index (χ2v) is 8.70. The maximum atomic E-state index is 12.4. The Morgan fingerprint density at radius 1 is 1.38 bits per heavy atom. The highest BCUT2D eigenvalue weighted by Crippen LogP contribution is 2.40. The van der Waals surface area contributed by atoms with Crippen molar-refractivity contribution in [2.75, 3.05) is 30.7 Å². The maximum Gasteiger partial charge on any atom is 0.187 e. The van der Waals surface area contributed by atoms with Crippen LogP contribution in [0.15, 0.2) is 4.90 Å². The van der Waals surface area contributed by atoms with Crippen LogP contribution in [0.5, 0.6) is 0 Å². The van der Waals surface area contributed by atoms with Gasteiger partial charge in [0.15, 0.2) is 15.7 Å². The van der Waals surface area contributed by atoms with E-state index in [2.05, 4.69) is 21.5 Å². The maximum absolute atomic E-state index is 12.4. The molecule has 0 bridgehead atoms. The van der Waals surface area contributed by atoms with Gasteiger partial charge >= 0.3 is 0 Å². The number of sulfone groups is 1. The van der Waals surface area contributed by atoms with E-state index >= 15 is 0 Å². The van der Waals surface area contributed by atoms with Crippen molar-refractivity contribution < 1.29 is 8.42 Å². The van der Waals surface area contributed by atoms with Crippen molar-refractivity contribution >= 4 is 32.2 Å². The first kappa shape index (κ1) is 15.1. The van der Waals surface area contributed by atoms with Crippen molar-refractivity contribution in [3.05, 3.63) is 0 Å². The van der Waals surface area contributed by atoms with Crippen molar-refractivity contribution in [3.8, 4) is 0 Å².